The van der Waals surface area contributed by atoms with Crippen LogP contribution in [0.15, 0.2) is 36.8 Å². The van der Waals surface area contributed by atoms with Crippen molar-refractivity contribution < 1.29 is 9.53 Å². The number of imidazole rings is 1. The highest BCUT2D eigenvalue weighted by Crippen LogP contribution is 2.20. The molecule has 0 saturated carbocycles. The molecule has 6 heteroatoms. The second-order valence-electron chi connectivity index (χ2n) is 5.06. The summed E-state index contributed by atoms with van der Waals surface area (Å²) in [6.07, 6.45) is 3.04. The van der Waals surface area contributed by atoms with E-state index < -0.39 is 6.10 Å². The van der Waals surface area contributed by atoms with Crippen molar-refractivity contribution in [2.45, 2.75) is 26.1 Å². The number of fused-ring (bicyclic) bond motifs is 1. The van der Waals surface area contributed by atoms with Crippen molar-refractivity contribution in [3.05, 3.63) is 47.5 Å². The Morgan fingerprint density at radius 2 is 2.29 bits per heavy atom. The van der Waals surface area contributed by atoms with Crippen LogP contribution in [0.1, 0.15) is 12.6 Å². The van der Waals surface area contributed by atoms with E-state index >= 15 is 0 Å². The van der Waals surface area contributed by atoms with Crippen LogP contribution in [0.4, 0.5) is 0 Å². The van der Waals surface area contributed by atoms with Gasteiger partial charge in [-0.15, -0.1) is 0 Å². The molecular formula is C15H16ClN3O2. The second-order valence-corrected chi connectivity index (χ2v) is 5.49. The largest absolute Gasteiger partial charge is 0.481 e. The van der Waals surface area contributed by atoms with Gasteiger partial charge in [-0.2, -0.15) is 0 Å². The van der Waals surface area contributed by atoms with E-state index in [0.717, 1.165) is 12.2 Å². The van der Waals surface area contributed by atoms with Gasteiger partial charge in [-0.25, -0.2) is 4.98 Å². The maximum Gasteiger partial charge on any atom is 0.263 e. The molecule has 5 nitrogen and oxygen atoms in total. The standard InChI is InChI=1S/C15H16ClN3O2/c1-11(21-14-4-2-3-12(16)7-14)15(20)18-5-6-19-10-17-8-13(19)9-18/h2-4,7-8,10-11H,5-6,9H2,1H3/t11-/m1/s1. The summed E-state index contributed by atoms with van der Waals surface area (Å²) >= 11 is 5.92. The predicted molar refractivity (Wildman–Crippen MR) is 79.2 cm³/mol. The number of ether oxygens (including phenoxy) is 1. The third-order valence-electron chi connectivity index (χ3n) is 3.53. The van der Waals surface area contributed by atoms with E-state index in [1.54, 1.807) is 48.6 Å². The number of aromatic nitrogens is 2. The lowest BCUT2D eigenvalue weighted by Gasteiger charge is -2.30. The van der Waals surface area contributed by atoms with Crippen molar-refractivity contribution in [1.29, 1.82) is 0 Å². The van der Waals surface area contributed by atoms with Crippen molar-refractivity contribution in [3.63, 3.8) is 0 Å². The quantitative estimate of drug-likeness (QED) is 0.874. The number of amides is 1. The molecule has 0 unspecified atom stereocenters. The Bertz CT molecular complexity index is 656. The lowest BCUT2D eigenvalue weighted by atomic mass is 10.2. The molecule has 1 aromatic carbocycles. The molecule has 1 aliphatic heterocycles. The molecule has 0 radical (unpaired) electrons. The van der Waals surface area contributed by atoms with Crippen LogP contribution in [-0.4, -0.2) is 33.0 Å². The summed E-state index contributed by atoms with van der Waals surface area (Å²) in [4.78, 5) is 18.4. The fraction of sp³-hybridized carbons (Fsp3) is 0.333. The summed E-state index contributed by atoms with van der Waals surface area (Å²) in [6, 6.07) is 7.07. The molecule has 0 bridgehead atoms. The van der Waals surface area contributed by atoms with Crippen molar-refractivity contribution >= 4 is 17.5 Å². The van der Waals surface area contributed by atoms with Crippen LogP contribution in [0.25, 0.3) is 0 Å². The minimum Gasteiger partial charge on any atom is -0.481 e. The van der Waals surface area contributed by atoms with Crippen molar-refractivity contribution in [3.8, 4) is 5.75 Å². The molecule has 0 spiro atoms. The van der Waals surface area contributed by atoms with E-state index in [1.807, 2.05) is 0 Å². The number of carbonyl (C=O) groups excluding carboxylic acids is 1. The number of hydrogen-bond acceptors (Lipinski definition) is 3. The van der Waals surface area contributed by atoms with Gasteiger partial charge in [-0.3, -0.25) is 4.79 Å². The zero-order valence-electron chi connectivity index (χ0n) is 11.7. The molecule has 0 saturated heterocycles. The zero-order valence-corrected chi connectivity index (χ0v) is 12.5. The Labute approximate surface area is 128 Å². The topological polar surface area (TPSA) is 47.4 Å². The van der Waals surface area contributed by atoms with Crippen LogP contribution >= 0.6 is 11.6 Å². The van der Waals surface area contributed by atoms with Crippen LogP contribution in [0.3, 0.4) is 0 Å². The Kier molecular flexibility index (Phi) is 3.84. The number of carbonyl (C=O) groups is 1. The molecule has 3 rings (SSSR count). The number of hydrogen-bond donors (Lipinski definition) is 0. The Morgan fingerprint density at radius 1 is 1.43 bits per heavy atom. The highest BCUT2D eigenvalue weighted by Gasteiger charge is 2.25. The van der Waals surface area contributed by atoms with Crippen molar-refractivity contribution in [2.75, 3.05) is 6.54 Å². The minimum absolute atomic E-state index is 0.0255. The molecule has 21 heavy (non-hydrogen) atoms. The van der Waals surface area contributed by atoms with Gasteiger partial charge in [-0.1, -0.05) is 17.7 Å². The van der Waals surface area contributed by atoms with E-state index in [4.69, 9.17) is 16.3 Å². The molecule has 1 aliphatic rings. The Morgan fingerprint density at radius 3 is 3.10 bits per heavy atom. The second kappa shape index (κ2) is 5.77. The van der Waals surface area contributed by atoms with Crippen LogP contribution in [0.5, 0.6) is 5.75 Å². The molecular weight excluding hydrogens is 290 g/mol. The minimum atomic E-state index is -0.544. The summed E-state index contributed by atoms with van der Waals surface area (Å²) in [6.45, 7) is 3.77. The molecule has 0 aliphatic carbocycles. The average Bonchev–Trinajstić information content (AvgIpc) is 2.93. The van der Waals surface area contributed by atoms with Gasteiger partial charge < -0.3 is 14.2 Å². The first-order valence-corrected chi connectivity index (χ1v) is 7.21. The van der Waals surface area contributed by atoms with Gasteiger partial charge in [0.1, 0.15) is 5.75 Å². The summed E-state index contributed by atoms with van der Waals surface area (Å²) in [5, 5.41) is 0.592. The third-order valence-corrected chi connectivity index (χ3v) is 3.77. The molecule has 0 fully saturated rings. The summed E-state index contributed by atoms with van der Waals surface area (Å²) in [5.41, 5.74) is 1.05. The first-order valence-electron chi connectivity index (χ1n) is 6.83. The molecule has 1 amide bonds. The molecule has 110 valence electrons. The SMILES string of the molecule is C[C@@H](Oc1cccc(Cl)c1)C(=O)N1CCn2cncc2C1. The highest BCUT2D eigenvalue weighted by molar-refractivity contribution is 6.30. The molecule has 1 aromatic heterocycles. The van der Waals surface area contributed by atoms with E-state index in [1.165, 1.54) is 0 Å². The molecule has 2 heterocycles. The smallest absolute Gasteiger partial charge is 0.263 e. The van der Waals surface area contributed by atoms with Crippen LogP contribution < -0.4 is 4.74 Å². The van der Waals surface area contributed by atoms with E-state index in [0.29, 0.717) is 23.9 Å². The van der Waals surface area contributed by atoms with Gasteiger partial charge in [0.25, 0.3) is 5.91 Å². The van der Waals surface area contributed by atoms with Crippen LogP contribution in [0.2, 0.25) is 5.02 Å². The first-order chi connectivity index (χ1) is 10.1. The number of rotatable bonds is 3. The average molecular weight is 306 g/mol. The van der Waals surface area contributed by atoms with Gasteiger partial charge in [0.2, 0.25) is 0 Å². The fourth-order valence-electron chi connectivity index (χ4n) is 2.42. The lowest BCUT2D eigenvalue weighted by Crippen LogP contribution is -2.44. The van der Waals surface area contributed by atoms with E-state index in [2.05, 4.69) is 9.55 Å². The van der Waals surface area contributed by atoms with Crippen LogP contribution in [-0.2, 0) is 17.9 Å². The molecule has 0 N–H and O–H groups in total. The van der Waals surface area contributed by atoms with Gasteiger partial charge in [0.05, 0.1) is 18.6 Å². The number of nitrogens with zero attached hydrogens (tertiary/aromatic N) is 3. The normalized spacial score (nSPS) is 15.4. The van der Waals surface area contributed by atoms with Crippen molar-refractivity contribution in [2.24, 2.45) is 0 Å². The maximum absolute atomic E-state index is 12.5. The molecule has 2 aromatic rings. The Hall–Kier alpha value is -2.01. The van der Waals surface area contributed by atoms with Gasteiger partial charge >= 0.3 is 0 Å². The summed E-state index contributed by atoms with van der Waals surface area (Å²) < 4.78 is 7.74. The van der Waals surface area contributed by atoms with E-state index in [-0.39, 0.29) is 5.91 Å². The molecule has 1 atom stereocenters. The Balaban J connectivity index is 1.65. The number of benzene rings is 1. The summed E-state index contributed by atoms with van der Waals surface area (Å²) in [7, 11) is 0. The predicted octanol–water partition coefficient (Wildman–Crippen LogP) is 2.35. The number of halogens is 1. The van der Waals surface area contributed by atoms with Gasteiger partial charge in [0, 0.05) is 24.3 Å². The fourth-order valence-corrected chi connectivity index (χ4v) is 2.60. The van der Waals surface area contributed by atoms with Gasteiger partial charge in [-0.05, 0) is 25.1 Å². The van der Waals surface area contributed by atoms with Gasteiger partial charge in [0.15, 0.2) is 6.10 Å². The summed E-state index contributed by atoms with van der Waals surface area (Å²) in [5.74, 6) is 0.577. The van der Waals surface area contributed by atoms with E-state index in [9.17, 15) is 4.79 Å². The van der Waals surface area contributed by atoms with Crippen LogP contribution in [0, 0.1) is 0 Å². The maximum atomic E-state index is 12.5. The lowest BCUT2D eigenvalue weighted by molar-refractivity contribution is -0.139. The highest BCUT2D eigenvalue weighted by atomic mass is 35.5. The first kappa shape index (κ1) is 13.9. The third kappa shape index (κ3) is 3.03. The monoisotopic (exact) mass is 305 g/mol. The van der Waals surface area contributed by atoms with Crippen molar-refractivity contribution in [1.82, 2.24) is 14.5 Å². The zero-order chi connectivity index (χ0) is 14.8.